The minimum atomic E-state index is -0.185. The van der Waals surface area contributed by atoms with Gasteiger partial charge in [0.15, 0.2) is 0 Å². The maximum absolute atomic E-state index is 11.0. The molecule has 0 saturated heterocycles. The van der Waals surface area contributed by atoms with Crippen LogP contribution in [-0.2, 0) is 0 Å². The van der Waals surface area contributed by atoms with Crippen molar-refractivity contribution in [2.45, 2.75) is 83.8 Å². The summed E-state index contributed by atoms with van der Waals surface area (Å²) in [4.78, 5) is 0. The molecule has 120 valence electrons. The molecule has 0 aliphatic heterocycles. The first-order valence-electron chi connectivity index (χ1n) is 9.33. The van der Waals surface area contributed by atoms with E-state index in [9.17, 15) is 10.2 Å². The van der Waals surface area contributed by atoms with Gasteiger partial charge in [-0.15, -0.1) is 0 Å². The summed E-state index contributed by atoms with van der Waals surface area (Å²) in [6.07, 6.45) is 10.7. The average molecular weight is 292 g/mol. The Balaban J connectivity index is 1.70. The SMILES string of the molecule is C[C@]12CCCC[C@@H]1CC[C@H]1[C@H]2[C@H](O)C[C@]2(C)[C@@H](O)CC[C@@H]12. The molecule has 2 nitrogen and oxygen atoms in total. The van der Waals surface area contributed by atoms with E-state index in [1.807, 2.05) is 0 Å². The monoisotopic (exact) mass is 292 g/mol. The van der Waals surface area contributed by atoms with E-state index in [2.05, 4.69) is 13.8 Å². The predicted molar refractivity (Wildman–Crippen MR) is 83.7 cm³/mol. The van der Waals surface area contributed by atoms with Crippen molar-refractivity contribution in [3.8, 4) is 0 Å². The molecule has 4 aliphatic carbocycles. The van der Waals surface area contributed by atoms with Crippen LogP contribution in [-0.4, -0.2) is 22.4 Å². The van der Waals surface area contributed by atoms with E-state index < -0.39 is 0 Å². The van der Waals surface area contributed by atoms with Gasteiger partial charge in [-0.05, 0) is 79.4 Å². The van der Waals surface area contributed by atoms with E-state index >= 15 is 0 Å². The van der Waals surface area contributed by atoms with Crippen LogP contribution in [0.15, 0.2) is 0 Å². The quantitative estimate of drug-likeness (QED) is 0.714. The summed E-state index contributed by atoms with van der Waals surface area (Å²) >= 11 is 0. The molecular formula is C19H32O2. The Morgan fingerprint density at radius 3 is 2.48 bits per heavy atom. The van der Waals surface area contributed by atoms with E-state index in [4.69, 9.17) is 0 Å². The fourth-order valence-corrected chi connectivity index (χ4v) is 7.39. The highest BCUT2D eigenvalue weighted by Crippen LogP contribution is 2.66. The molecule has 4 saturated carbocycles. The summed E-state index contributed by atoms with van der Waals surface area (Å²) in [7, 11) is 0. The minimum absolute atomic E-state index is 0.0154. The van der Waals surface area contributed by atoms with Crippen molar-refractivity contribution in [2.75, 3.05) is 0 Å². The van der Waals surface area contributed by atoms with Crippen molar-refractivity contribution in [1.29, 1.82) is 0 Å². The number of aliphatic hydroxyl groups is 2. The zero-order valence-electron chi connectivity index (χ0n) is 13.7. The molecule has 0 heterocycles. The van der Waals surface area contributed by atoms with Crippen molar-refractivity contribution in [2.24, 2.45) is 34.5 Å². The van der Waals surface area contributed by atoms with Crippen LogP contribution in [0.5, 0.6) is 0 Å². The molecule has 2 N–H and O–H groups in total. The van der Waals surface area contributed by atoms with Crippen LogP contribution >= 0.6 is 0 Å². The van der Waals surface area contributed by atoms with Gasteiger partial charge < -0.3 is 10.2 Å². The summed E-state index contributed by atoms with van der Waals surface area (Å²) in [6.45, 7) is 4.75. The lowest BCUT2D eigenvalue weighted by atomic mass is 9.44. The number of hydrogen-bond donors (Lipinski definition) is 2. The number of fused-ring (bicyclic) bond motifs is 5. The first kappa shape index (κ1) is 14.5. The molecule has 4 aliphatic rings. The minimum Gasteiger partial charge on any atom is -0.393 e. The Morgan fingerprint density at radius 2 is 1.67 bits per heavy atom. The third kappa shape index (κ3) is 1.84. The molecule has 0 spiro atoms. The standard InChI is InChI=1S/C19H32O2/c1-18-10-4-3-5-12(18)6-7-13-14-8-9-16(21)19(14,2)11-15(20)17(13)18/h12-17,20-21H,3-11H2,1-2H3/t12-,13-,14+,15-,16+,17+,18+,19+/m1/s1. The molecule has 21 heavy (non-hydrogen) atoms. The topological polar surface area (TPSA) is 40.5 Å². The third-order valence-corrected chi connectivity index (χ3v) is 8.46. The first-order valence-corrected chi connectivity index (χ1v) is 9.33. The Morgan fingerprint density at radius 1 is 0.857 bits per heavy atom. The normalized spacial score (nSPS) is 60.0. The summed E-state index contributed by atoms with van der Waals surface area (Å²) in [5.41, 5.74) is 0.355. The number of rotatable bonds is 0. The predicted octanol–water partition coefficient (Wildman–Crippen LogP) is 3.75. The molecule has 0 bridgehead atoms. The van der Waals surface area contributed by atoms with E-state index in [1.54, 1.807) is 0 Å². The van der Waals surface area contributed by atoms with Gasteiger partial charge in [-0.2, -0.15) is 0 Å². The molecule has 4 fully saturated rings. The van der Waals surface area contributed by atoms with Crippen LogP contribution in [0.25, 0.3) is 0 Å². The van der Waals surface area contributed by atoms with Crippen LogP contribution in [0, 0.1) is 34.5 Å². The van der Waals surface area contributed by atoms with E-state index in [0.717, 1.165) is 18.8 Å². The smallest absolute Gasteiger partial charge is 0.0597 e. The molecule has 0 radical (unpaired) electrons. The maximum Gasteiger partial charge on any atom is 0.0597 e. The van der Waals surface area contributed by atoms with Crippen molar-refractivity contribution >= 4 is 0 Å². The molecule has 0 aromatic rings. The molecule has 0 aromatic carbocycles. The molecule has 8 atom stereocenters. The molecule has 0 aromatic heterocycles. The van der Waals surface area contributed by atoms with Gasteiger partial charge in [0.1, 0.15) is 0 Å². The Bertz CT molecular complexity index is 422. The van der Waals surface area contributed by atoms with E-state index in [-0.39, 0.29) is 17.6 Å². The lowest BCUT2D eigenvalue weighted by Crippen LogP contribution is -2.58. The maximum atomic E-state index is 11.0. The summed E-state index contributed by atoms with van der Waals surface area (Å²) < 4.78 is 0. The van der Waals surface area contributed by atoms with Gasteiger partial charge in [0, 0.05) is 0 Å². The van der Waals surface area contributed by atoms with Crippen LogP contribution in [0.4, 0.5) is 0 Å². The summed E-state index contributed by atoms with van der Waals surface area (Å²) in [6, 6.07) is 0. The molecular weight excluding hydrogens is 260 g/mol. The molecule has 4 rings (SSSR count). The number of aliphatic hydroxyl groups excluding tert-OH is 2. The third-order valence-electron chi connectivity index (χ3n) is 8.46. The van der Waals surface area contributed by atoms with Gasteiger partial charge in [0.05, 0.1) is 12.2 Å². The van der Waals surface area contributed by atoms with Crippen molar-refractivity contribution in [1.82, 2.24) is 0 Å². The molecule has 2 heteroatoms. The zero-order valence-corrected chi connectivity index (χ0v) is 13.7. The lowest BCUT2D eigenvalue weighted by molar-refractivity contribution is -0.175. The first-order chi connectivity index (χ1) is 9.97. The summed E-state index contributed by atoms with van der Waals surface area (Å²) in [5, 5.41) is 21.5. The number of hydrogen-bond acceptors (Lipinski definition) is 2. The van der Waals surface area contributed by atoms with E-state index in [0.29, 0.717) is 23.2 Å². The van der Waals surface area contributed by atoms with Gasteiger partial charge in [-0.1, -0.05) is 26.7 Å². The fraction of sp³-hybridized carbons (Fsp3) is 1.00. The Labute approximate surface area is 129 Å². The second kappa shape index (κ2) is 4.71. The molecule has 0 unspecified atom stereocenters. The van der Waals surface area contributed by atoms with Crippen LogP contribution in [0.3, 0.4) is 0 Å². The highest BCUT2D eigenvalue weighted by atomic mass is 16.3. The largest absolute Gasteiger partial charge is 0.393 e. The van der Waals surface area contributed by atoms with Crippen molar-refractivity contribution in [3.05, 3.63) is 0 Å². The van der Waals surface area contributed by atoms with Crippen LogP contribution in [0.2, 0.25) is 0 Å². The lowest BCUT2D eigenvalue weighted by Gasteiger charge is -2.61. The fourth-order valence-electron chi connectivity index (χ4n) is 7.39. The second-order valence-corrected chi connectivity index (χ2v) is 9.19. The Hall–Kier alpha value is -0.0800. The van der Waals surface area contributed by atoms with Gasteiger partial charge in [0.25, 0.3) is 0 Å². The Kier molecular flexibility index (Phi) is 3.25. The van der Waals surface area contributed by atoms with Gasteiger partial charge in [-0.3, -0.25) is 0 Å². The highest BCUT2D eigenvalue weighted by Gasteiger charge is 2.62. The highest BCUT2D eigenvalue weighted by molar-refractivity contribution is 5.11. The van der Waals surface area contributed by atoms with Crippen molar-refractivity contribution in [3.63, 3.8) is 0 Å². The van der Waals surface area contributed by atoms with E-state index in [1.165, 1.54) is 44.9 Å². The van der Waals surface area contributed by atoms with Gasteiger partial charge in [-0.25, -0.2) is 0 Å². The second-order valence-electron chi connectivity index (χ2n) is 9.19. The van der Waals surface area contributed by atoms with Gasteiger partial charge in [0.2, 0.25) is 0 Å². The zero-order chi connectivity index (χ0) is 14.8. The summed E-state index contributed by atoms with van der Waals surface area (Å²) in [5.74, 6) is 2.66. The van der Waals surface area contributed by atoms with Crippen LogP contribution in [0.1, 0.15) is 71.6 Å². The molecule has 0 amide bonds. The van der Waals surface area contributed by atoms with Crippen LogP contribution < -0.4 is 0 Å². The van der Waals surface area contributed by atoms with Crippen molar-refractivity contribution < 1.29 is 10.2 Å². The van der Waals surface area contributed by atoms with Gasteiger partial charge >= 0.3 is 0 Å². The average Bonchev–Trinajstić information content (AvgIpc) is 2.73.